The molecule has 0 aromatic carbocycles. The third kappa shape index (κ3) is 2.81. The first-order valence-corrected chi connectivity index (χ1v) is 5.69. The molecule has 1 atom stereocenters. The molecule has 0 bridgehead atoms. The molecule has 2 rings (SSSR count). The minimum atomic E-state index is -0.987. The molecule has 4 heteroatoms. The highest BCUT2D eigenvalue weighted by Gasteiger charge is 2.24. The molecule has 0 saturated carbocycles. The summed E-state index contributed by atoms with van der Waals surface area (Å²) in [5.74, 6) is 0. The second kappa shape index (κ2) is 4.82. The molecule has 2 aromatic rings. The molecule has 2 aromatic heterocycles. The predicted molar refractivity (Wildman–Crippen MR) is 66.8 cm³/mol. The van der Waals surface area contributed by atoms with Crippen LogP contribution in [-0.2, 0) is 12.0 Å². The maximum atomic E-state index is 10.4. The van der Waals surface area contributed by atoms with Crippen LogP contribution in [0, 0.1) is 0 Å². The van der Waals surface area contributed by atoms with Crippen LogP contribution in [0.4, 0.5) is 0 Å². The third-order valence-corrected chi connectivity index (χ3v) is 3.01. The summed E-state index contributed by atoms with van der Waals surface area (Å²) in [5.41, 5.74) is 0.655. The molecule has 0 fully saturated rings. The van der Waals surface area contributed by atoms with E-state index >= 15 is 0 Å². The van der Waals surface area contributed by atoms with Crippen LogP contribution in [0.5, 0.6) is 0 Å². The van der Waals surface area contributed by atoms with Crippen molar-refractivity contribution in [1.82, 2.24) is 9.97 Å². The van der Waals surface area contributed by atoms with Crippen molar-refractivity contribution < 1.29 is 5.11 Å². The Labute approximate surface area is 105 Å². The third-order valence-electron chi connectivity index (χ3n) is 2.67. The lowest BCUT2D eigenvalue weighted by atomic mass is 9.90. The van der Waals surface area contributed by atoms with Crippen molar-refractivity contribution in [3.8, 4) is 0 Å². The van der Waals surface area contributed by atoms with E-state index in [1.54, 1.807) is 37.8 Å². The van der Waals surface area contributed by atoms with Crippen LogP contribution in [0.25, 0.3) is 0 Å². The summed E-state index contributed by atoms with van der Waals surface area (Å²) in [6.07, 6.45) is 7.02. The minimum Gasteiger partial charge on any atom is -0.385 e. The van der Waals surface area contributed by atoms with Gasteiger partial charge in [-0.05, 0) is 24.6 Å². The van der Waals surface area contributed by atoms with Crippen LogP contribution < -0.4 is 0 Å². The zero-order valence-corrected chi connectivity index (χ0v) is 10.2. The number of aromatic nitrogens is 2. The number of aliphatic hydroxyl groups is 1. The van der Waals surface area contributed by atoms with Crippen LogP contribution in [-0.4, -0.2) is 15.1 Å². The minimum absolute atomic E-state index is 0.431. The Bertz CT molecular complexity index is 500. The molecule has 2 heterocycles. The molecule has 88 valence electrons. The van der Waals surface area contributed by atoms with Crippen LogP contribution >= 0.6 is 11.6 Å². The average molecular weight is 249 g/mol. The average Bonchev–Trinajstić information content (AvgIpc) is 2.33. The molecule has 0 spiro atoms. The smallest absolute Gasteiger partial charge is 0.0924 e. The first-order valence-electron chi connectivity index (χ1n) is 5.31. The van der Waals surface area contributed by atoms with E-state index in [1.165, 1.54) is 0 Å². The largest absolute Gasteiger partial charge is 0.385 e. The molecular weight excluding hydrogens is 236 g/mol. The maximum absolute atomic E-state index is 10.4. The number of hydrogen-bond donors (Lipinski definition) is 1. The molecular formula is C13H13ClN2O. The summed E-state index contributed by atoms with van der Waals surface area (Å²) in [6, 6.07) is 5.47. The quantitative estimate of drug-likeness (QED) is 0.908. The van der Waals surface area contributed by atoms with Gasteiger partial charge in [0.1, 0.15) is 0 Å². The number of pyridine rings is 2. The van der Waals surface area contributed by atoms with Gasteiger partial charge in [0.05, 0.1) is 10.6 Å². The molecule has 0 saturated heterocycles. The molecule has 1 N–H and O–H groups in total. The summed E-state index contributed by atoms with van der Waals surface area (Å²) < 4.78 is 0. The Morgan fingerprint density at radius 2 is 2.00 bits per heavy atom. The van der Waals surface area contributed by atoms with Gasteiger partial charge in [0.25, 0.3) is 0 Å². The first-order chi connectivity index (χ1) is 8.09. The van der Waals surface area contributed by atoms with Crippen LogP contribution in [0.15, 0.2) is 43.0 Å². The van der Waals surface area contributed by atoms with Crippen LogP contribution in [0.1, 0.15) is 18.1 Å². The monoisotopic (exact) mass is 248 g/mol. The zero-order chi connectivity index (χ0) is 12.3. The Morgan fingerprint density at radius 1 is 1.24 bits per heavy atom. The van der Waals surface area contributed by atoms with Gasteiger partial charge in [0, 0.05) is 36.8 Å². The summed E-state index contributed by atoms with van der Waals surface area (Å²) in [6.45, 7) is 1.75. The van der Waals surface area contributed by atoms with Crippen LogP contribution in [0.3, 0.4) is 0 Å². The SMILES string of the molecule is CC(O)(Cc1ccncc1Cl)c1cccnc1. The lowest BCUT2D eigenvalue weighted by Gasteiger charge is -2.23. The molecule has 0 aliphatic carbocycles. The van der Waals surface area contributed by atoms with Gasteiger partial charge in [-0.3, -0.25) is 9.97 Å². The topological polar surface area (TPSA) is 46.0 Å². The van der Waals surface area contributed by atoms with Crippen molar-refractivity contribution in [2.75, 3.05) is 0 Å². The lowest BCUT2D eigenvalue weighted by Crippen LogP contribution is -2.24. The molecule has 17 heavy (non-hydrogen) atoms. The van der Waals surface area contributed by atoms with Gasteiger partial charge in [0.2, 0.25) is 0 Å². The van der Waals surface area contributed by atoms with Gasteiger partial charge in [-0.15, -0.1) is 0 Å². The Kier molecular flexibility index (Phi) is 3.41. The standard InChI is InChI=1S/C13H13ClN2O/c1-13(17,11-3-2-5-15-8-11)7-10-4-6-16-9-12(10)14/h2-6,8-9,17H,7H2,1H3. The van der Waals surface area contributed by atoms with E-state index in [-0.39, 0.29) is 0 Å². The molecule has 0 amide bonds. The molecule has 3 nitrogen and oxygen atoms in total. The van der Waals surface area contributed by atoms with Gasteiger partial charge in [0.15, 0.2) is 0 Å². The predicted octanol–water partition coefficient (Wildman–Crippen LogP) is 2.58. The molecule has 0 aliphatic rings. The fourth-order valence-corrected chi connectivity index (χ4v) is 1.89. The van der Waals surface area contributed by atoms with E-state index < -0.39 is 5.60 Å². The Hall–Kier alpha value is -1.45. The second-order valence-corrected chi connectivity index (χ2v) is 4.57. The van der Waals surface area contributed by atoms with Gasteiger partial charge < -0.3 is 5.11 Å². The van der Waals surface area contributed by atoms with Gasteiger partial charge >= 0.3 is 0 Å². The summed E-state index contributed by atoms with van der Waals surface area (Å²) in [5, 5.41) is 11.0. The lowest BCUT2D eigenvalue weighted by molar-refractivity contribution is 0.0573. The van der Waals surface area contributed by atoms with E-state index in [2.05, 4.69) is 9.97 Å². The van der Waals surface area contributed by atoms with Gasteiger partial charge in [-0.1, -0.05) is 17.7 Å². The van der Waals surface area contributed by atoms with Gasteiger partial charge in [-0.2, -0.15) is 0 Å². The summed E-state index contributed by atoms with van der Waals surface area (Å²) >= 11 is 6.03. The Balaban J connectivity index is 2.27. The van der Waals surface area contributed by atoms with Gasteiger partial charge in [-0.25, -0.2) is 0 Å². The highest BCUT2D eigenvalue weighted by Crippen LogP contribution is 2.27. The second-order valence-electron chi connectivity index (χ2n) is 4.16. The molecule has 0 aliphatic heterocycles. The number of hydrogen-bond acceptors (Lipinski definition) is 3. The van der Waals surface area contributed by atoms with E-state index in [9.17, 15) is 5.11 Å². The number of rotatable bonds is 3. The van der Waals surface area contributed by atoms with Crippen LogP contribution in [0.2, 0.25) is 5.02 Å². The van der Waals surface area contributed by atoms with Crippen molar-refractivity contribution in [1.29, 1.82) is 0 Å². The van der Waals surface area contributed by atoms with Crippen molar-refractivity contribution in [2.24, 2.45) is 0 Å². The van der Waals surface area contributed by atoms with Crippen molar-refractivity contribution >= 4 is 11.6 Å². The van der Waals surface area contributed by atoms with Crippen molar-refractivity contribution in [3.63, 3.8) is 0 Å². The first kappa shape index (κ1) is 12.0. The van der Waals surface area contributed by atoms with E-state index in [1.807, 2.05) is 12.1 Å². The highest BCUT2D eigenvalue weighted by atomic mass is 35.5. The normalized spacial score (nSPS) is 14.3. The highest BCUT2D eigenvalue weighted by molar-refractivity contribution is 6.31. The van der Waals surface area contributed by atoms with Crippen molar-refractivity contribution in [2.45, 2.75) is 18.9 Å². The molecule has 1 unspecified atom stereocenters. The number of halogens is 1. The fraction of sp³-hybridized carbons (Fsp3) is 0.231. The van der Waals surface area contributed by atoms with E-state index in [0.29, 0.717) is 11.4 Å². The summed E-state index contributed by atoms with van der Waals surface area (Å²) in [7, 11) is 0. The fourth-order valence-electron chi connectivity index (χ4n) is 1.70. The maximum Gasteiger partial charge on any atom is 0.0924 e. The van der Waals surface area contributed by atoms with E-state index in [4.69, 9.17) is 11.6 Å². The number of nitrogens with zero attached hydrogens (tertiary/aromatic N) is 2. The van der Waals surface area contributed by atoms with Crippen molar-refractivity contribution in [3.05, 3.63) is 59.1 Å². The van der Waals surface area contributed by atoms with E-state index in [0.717, 1.165) is 11.1 Å². The Morgan fingerprint density at radius 3 is 2.65 bits per heavy atom. The zero-order valence-electron chi connectivity index (χ0n) is 9.47. The summed E-state index contributed by atoms with van der Waals surface area (Å²) in [4.78, 5) is 7.93. The molecule has 0 radical (unpaired) electrons.